The zero-order valence-electron chi connectivity index (χ0n) is 25.9. The lowest BCUT2D eigenvalue weighted by atomic mass is 9.93. The molecule has 0 saturated carbocycles. The molecule has 0 bridgehead atoms. The molecule has 2 N–H and O–H groups in total. The molecule has 12 heteroatoms. The number of aliphatic hydroxyl groups excluding tert-OH is 1. The number of halogens is 3. The Balaban J connectivity index is 1.50. The number of alkyl halides is 3. The van der Waals surface area contributed by atoms with Gasteiger partial charge in [0, 0.05) is 41.8 Å². The molecule has 1 aromatic heterocycles. The highest BCUT2D eigenvalue weighted by Crippen LogP contribution is 2.51. The number of rotatable bonds is 12. The molecule has 0 spiro atoms. The first kappa shape index (κ1) is 34.2. The minimum Gasteiger partial charge on any atom is -0.406 e. The fourth-order valence-corrected chi connectivity index (χ4v) is 7.46. The van der Waals surface area contributed by atoms with Gasteiger partial charge in [0.25, 0.3) is 5.91 Å². The normalized spacial score (nSPS) is 19.6. The van der Waals surface area contributed by atoms with Crippen molar-refractivity contribution in [3.63, 3.8) is 0 Å². The predicted octanol–water partition coefficient (Wildman–Crippen LogP) is 6.71. The smallest absolute Gasteiger partial charge is 0.406 e. The first-order valence-electron chi connectivity index (χ1n) is 15.2. The van der Waals surface area contributed by atoms with Gasteiger partial charge in [-0.3, -0.25) is 9.69 Å². The Hall–Kier alpha value is -4.19. The standard InChI is InChI=1S/C35H35F3N4O4S/c1-22-15-29(27-13-6-7-14-28(27)33(45)40-21-43)42(32(22)34-41-23(2)20-47-34)30(17-24-9-4-3-5-10-24)31(44)19-39-18-25-11-8-12-26(16-25)46-35(36,37)38/h3-14,16,20,22,29-32,39,44H,15,17-19H2,1-2H3/t22?,29?,30-,31+,32+/m0/s1. The van der Waals surface area contributed by atoms with Gasteiger partial charge in [-0.2, -0.15) is 0 Å². The molecule has 5 atom stereocenters. The summed E-state index contributed by atoms with van der Waals surface area (Å²) in [6.07, 6.45) is -3.28. The maximum absolute atomic E-state index is 12.9. The summed E-state index contributed by atoms with van der Waals surface area (Å²) in [5.41, 5.74) is 3.43. The van der Waals surface area contributed by atoms with E-state index in [4.69, 9.17) is 4.98 Å². The number of benzene rings is 3. The summed E-state index contributed by atoms with van der Waals surface area (Å²) in [6.45, 7) is 4.38. The number of aromatic nitrogens is 1. The van der Waals surface area contributed by atoms with Crippen LogP contribution in [-0.2, 0) is 17.8 Å². The molecular formula is C35H35F3N4O4S. The summed E-state index contributed by atoms with van der Waals surface area (Å²) in [5, 5.41) is 18.1. The van der Waals surface area contributed by atoms with E-state index in [1.54, 1.807) is 29.5 Å². The number of aryl methyl sites for hydroxylation is 1. The van der Waals surface area contributed by atoms with Gasteiger partial charge in [-0.15, -0.1) is 29.5 Å². The van der Waals surface area contributed by atoms with Crippen LogP contribution in [0.2, 0.25) is 0 Å². The molecule has 0 radical (unpaired) electrons. The topological polar surface area (TPSA) is 104 Å². The summed E-state index contributed by atoms with van der Waals surface area (Å²) in [7, 11) is 0. The van der Waals surface area contributed by atoms with Crippen LogP contribution in [0.25, 0.3) is 0 Å². The van der Waals surface area contributed by atoms with Crippen LogP contribution < -0.4 is 10.1 Å². The second-order valence-electron chi connectivity index (χ2n) is 11.7. The van der Waals surface area contributed by atoms with E-state index < -0.39 is 24.4 Å². The Kier molecular flexibility index (Phi) is 11.0. The third kappa shape index (κ3) is 8.59. The van der Waals surface area contributed by atoms with Gasteiger partial charge in [-0.05, 0) is 60.6 Å². The van der Waals surface area contributed by atoms with E-state index in [0.717, 1.165) is 16.3 Å². The molecule has 1 saturated heterocycles. The van der Waals surface area contributed by atoms with Crippen LogP contribution in [0.3, 0.4) is 0 Å². The highest BCUT2D eigenvalue weighted by Gasteiger charge is 2.47. The number of hydrogen-bond acceptors (Lipinski definition) is 8. The SMILES string of the molecule is Cc1csc([C@H]2C(C)CC(c3ccccc3C(=O)N=C=O)N2[C@@H](Cc2ccccc2)[C@H](O)CNCc2cccc(OC(F)(F)F)c2)n1. The van der Waals surface area contributed by atoms with E-state index in [-0.39, 0.29) is 36.8 Å². The number of carbonyl (C=O) groups excluding carboxylic acids is 2. The van der Waals surface area contributed by atoms with Gasteiger partial charge in [-0.1, -0.05) is 67.6 Å². The number of ether oxygens (including phenoxy) is 1. The maximum atomic E-state index is 12.9. The number of isocyanates is 1. The van der Waals surface area contributed by atoms with E-state index in [2.05, 4.69) is 26.9 Å². The second kappa shape index (κ2) is 15.1. The fraction of sp³-hybridized carbons (Fsp3) is 0.343. The molecule has 1 aliphatic rings. The van der Waals surface area contributed by atoms with Crippen LogP contribution >= 0.6 is 11.3 Å². The molecule has 0 aliphatic carbocycles. The molecule has 47 heavy (non-hydrogen) atoms. The number of aliphatic imine (C=N–C) groups is 1. The Morgan fingerprint density at radius 1 is 1.13 bits per heavy atom. The van der Waals surface area contributed by atoms with Crippen LogP contribution in [0.15, 0.2) is 89.2 Å². The highest BCUT2D eigenvalue weighted by molar-refractivity contribution is 7.09. The molecular weight excluding hydrogens is 629 g/mol. The minimum absolute atomic E-state index is 0.0816. The summed E-state index contributed by atoms with van der Waals surface area (Å²) in [4.78, 5) is 34.5. The predicted molar refractivity (Wildman–Crippen MR) is 172 cm³/mol. The van der Waals surface area contributed by atoms with E-state index in [1.807, 2.05) is 54.8 Å². The molecule has 1 fully saturated rings. The molecule has 4 aromatic rings. The summed E-state index contributed by atoms with van der Waals surface area (Å²) in [6, 6.07) is 21.5. The molecule has 2 unspecified atom stereocenters. The van der Waals surface area contributed by atoms with Gasteiger partial charge in [0.15, 0.2) is 0 Å². The number of amides is 1. The highest BCUT2D eigenvalue weighted by atomic mass is 32.1. The van der Waals surface area contributed by atoms with Crippen molar-refractivity contribution in [1.29, 1.82) is 0 Å². The Bertz CT molecular complexity index is 1710. The van der Waals surface area contributed by atoms with Crippen molar-refractivity contribution in [2.45, 2.75) is 63.8 Å². The second-order valence-corrected chi connectivity index (χ2v) is 12.6. The van der Waals surface area contributed by atoms with Crippen molar-refractivity contribution in [1.82, 2.24) is 15.2 Å². The van der Waals surface area contributed by atoms with Crippen molar-refractivity contribution in [3.8, 4) is 5.75 Å². The van der Waals surface area contributed by atoms with Gasteiger partial charge < -0.3 is 15.2 Å². The molecule has 5 rings (SSSR count). The van der Waals surface area contributed by atoms with E-state index in [0.29, 0.717) is 29.5 Å². The third-order valence-electron chi connectivity index (χ3n) is 8.33. The lowest BCUT2D eigenvalue weighted by Crippen LogP contribution is -2.49. The Morgan fingerprint density at radius 3 is 2.55 bits per heavy atom. The zero-order valence-corrected chi connectivity index (χ0v) is 26.7. The van der Waals surface area contributed by atoms with Gasteiger partial charge in [0.1, 0.15) is 10.8 Å². The monoisotopic (exact) mass is 664 g/mol. The van der Waals surface area contributed by atoms with E-state index in [1.165, 1.54) is 24.3 Å². The summed E-state index contributed by atoms with van der Waals surface area (Å²) in [5.74, 6) is -0.921. The number of carbonyl (C=O) groups is 1. The number of hydrogen-bond donors (Lipinski definition) is 2. The molecule has 3 aromatic carbocycles. The van der Waals surface area contributed by atoms with Gasteiger partial charge in [0.05, 0.1) is 12.1 Å². The Labute approximate surface area is 274 Å². The molecule has 246 valence electrons. The quantitative estimate of drug-likeness (QED) is 0.128. The Morgan fingerprint density at radius 2 is 1.85 bits per heavy atom. The van der Waals surface area contributed by atoms with Crippen molar-refractivity contribution in [2.75, 3.05) is 6.54 Å². The van der Waals surface area contributed by atoms with Crippen molar-refractivity contribution in [2.24, 2.45) is 10.9 Å². The first-order valence-corrected chi connectivity index (χ1v) is 16.1. The van der Waals surface area contributed by atoms with E-state index >= 15 is 0 Å². The number of likely N-dealkylation sites (tertiary alicyclic amines) is 1. The summed E-state index contributed by atoms with van der Waals surface area (Å²) >= 11 is 1.55. The molecule has 8 nitrogen and oxygen atoms in total. The first-order chi connectivity index (χ1) is 22.5. The van der Waals surface area contributed by atoms with Crippen molar-refractivity contribution >= 4 is 23.3 Å². The maximum Gasteiger partial charge on any atom is 0.573 e. The molecule has 2 heterocycles. The van der Waals surface area contributed by atoms with Crippen LogP contribution in [-0.4, -0.2) is 52.0 Å². The van der Waals surface area contributed by atoms with Crippen molar-refractivity contribution < 1.29 is 32.6 Å². The van der Waals surface area contributed by atoms with Gasteiger partial charge >= 0.3 is 6.36 Å². The number of nitrogens with zero attached hydrogens (tertiary/aromatic N) is 3. The van der Waals surface area contributed by atoms with Crippen LogP contribution in [0.1, 0.15) is 63.2 Å². The lowest BCUT2D eigenvalue weighted by Gasteiger charge is -2.40. The number of thiazole rings is 1. The molecule has 1 amide bonds. The lowest BCUT2D eigenvalue weighted by molar-refractivity contribution is -0.274. The average Bonchev–Trinajstić information content (AvgIpc) is 3.61. The number of aliphatic hydroxyl groups is 1. The largest absolute Gasteiger partial charge is 0.573 e. The molecule has 1 aliphatic heterocycles. The van der Waals surface area contributed by atoms with Crippen molar-refractivity contribution in [3.05, 3.63) is 117 Å². The van der Waals surface area contributed by atoms with E-state index in [9.17, 15) is 27.9 Å². The zero-order chi connectivity index (χ0) is 33.6. The average molecular weight is 665 g/mol. The van der Waals surface area contributed by atoms with Crippen LogP contribution in [0.5, 0.6) is 5.75 Å². The van der Waals surface area contributed by atoms with Crippen LogP contribution in [0.4, 0.5) is 13.2 Å². The minimum atomic E-state index is -4.80. The third-order valence-corrected chi connectivity index (χ3v) is 9.36. The summed E-state index contributed by atoms with van der Waals surface area (Å²) < 4.78 is 42.4. The number of nitrogens with one attached hydrogen (secondary N) is 1. The van der Waals surface area contributed by atoms with Gasteiger partial charge in [0.2, 0.25) is 6.08 Å². The van der Waals surface area contributed by atoms with Gasteiger partial charge in [-0.25, -0.2) is 9.78 Å². The fourth-order valence-electron chi connectivity index (χ4n) is 6.43. The van der Waals surface area contributed by atoms with Crippen LogP contribution in [0, 0.1) is 12.8 Å².